The first-order valence-electron chi connectivity index (χ1n) is 6.39. The minimum Gasteiger partial charge on any atom is -0.345 e. The van der Waals surface area contributed by atoms with E-state index in [0.29, 0.717) is 13.0 Å². The summed E-state index contributed by atoms with van der Waals surface area (Å²) in [7, 11) is 0. The van der Waals surface area contributed by atoms with Crippen molar-refractivity contribution in [3.8, 4) is 0 Å². The van der Waals surface area contributed by atoms with Gasteiger partial charge in [0.25, 0.3) is 0 Å². The SMILES string of the molecule is CC(C)(NC(=O)CC1(CN)CCC1)c1nccs1. The van der Waals surface area contributed by atoms with Gasteiger partial charge >= 0.3 is 0 Å². The number of carbonyl (C=O) groups excluding carboxylic acids is 1. The lowest BCUT2D eigenvalue weighted by Gasteiger charge is -2.41. The molecule has 4 nitrogen and oxygen atoms in total. The number of amides is 1. The molecular formula is C13H21N3OS. The second-order valence-corrected chi connectivity index (χ2v) is 6.64. The van der Waals surface area contributed by atoms with Crippen LogP contribution in [0.2, 0.25) is 0 Å². The highest BCUT2D eigenvalue weighted by Gasteiger charge is 2.38. The van der Waals surface area contributed by atoms with Gasteiger partial charge in [0.15, 0.2) is 0 Å². The number of thiazole rings is 1. The van der Waals surface area contributed by atoms with E-state index >= 15 is 0 Å². The maximum absolute atomic E-state index is 12.1. The van der Waals surface area contributed by atoms with Gasteiger partial charge in [-0.05, 0) is 38.6 Å². The molecule has 0 unspecified atom stereocenters. The molecule has 1 heterocycles. The van der Waals surface area contributed by atoms with E-state index < -0.39 is 5.54 Å². The minimum absolute atomic E-state index is 0.0586. The van der Waals surface area contributed by atoms with Crippen molar-refractivity contribution in [2.75, 3.05) is 6.54 Å². The molecule has 0 radical (unpaired) electrons. The van der Waals surface area contributed by atoms with Crippen molar-refractivity contribution in [3.05, 3.63) is 16.6 Å². The molecule has 3 N–H and O–H groups in total. The quantitative estimate of drug-likeness (QED) is 0.857. The van der Waals surface area contributed by atoms with E-state index in [1.54, 1.807) is 17.5 Å². The summed E-state index contributed by atoms with van der Waals surface area (Å²) in [6.07, 6.45) is 5.66. The Bertz CT molecular complexity index is 404. The van der Waals surface area contributed by atoms with Crippen molar-refractivity contribution >= 4 is 17.2 Å². The van der Waals surface area contributed by atoms with E-state index in [-0.39, 0.29) is 11.3 Å². The van der Waals surface area contributed by atoms with Gasteiger partial charge < -0.3 is 11.1 Å². The maximum Gasteiger partial charge on any atom is 0.221 e. The van der Waals surface area contributed by atoms with Crippen molar-refractivity contribution in [2.45, 2.75) is 45.1 Å². The minimum atomic E-state index is -0.398. The van der Waals surface area contributed by atoms with Gasteiger partial charge in [-0.3, -0.25) is 4.79 Å². The highest BCUT2D eigenvalue weighted by atomic mass is 32.1. The Kier molecular flexibility index (Phi) is 3.73. The third-order valence-electron chi connectivity index (χ3n) is 3.80. The zero-order valence-electron chi connectivity index (χ0n) is 11.0. The molecule has 1 fully saturated rings. The lowest BCUT2D eigenvalue weighted by atomic mass is 9.66. The lowest BCUT2D eigenvalue weighted by molar-refractivity contribution is -0.126. The number of nitrogens with one attached hydrogen (secondary N) is 1. The smallest absolute Gasteiger partial charge is 0.221 e. The van der Waals surface area contributed by atoms with Crippen LogP contribution in [-0.4, -0.2) is 17.4 Å². The van der Waals surface area contributed by atoms with Crippen LogP contribution in [0.5, 0.6) is 0 Å². The number of hydrogen-bond acceptors (Lipinski definition) is 4. The van der Waals surface area contributed by atoms with Gasteiger partial charge in [-0.25, -0.2) is 4.98 Å². The summed E-state index contributed by atoms with van der Waals surface area (Å²) in [5, 5.41) is 5.93. The molecule has 0 aliphatic heterocycles. The van der Waals surface area contributed by atoms with Gasteiger partial charge in [-0.15, -0.1) is 11.3 Å². The van der Waals surface area contributed by atoms with Crippen LogP contribution in [0.4, 0.5) is 0 Å². The molecule has 2 rings (SSSR count). The molecular weight excluding hydrogens is 246 g/mol. The van der Waals surface area contributed by atoms with Gasteiger partial charge in [0.2, 0.25) is 5.91 Å². The number of nitrogens with zero attached hydrogens (tertiary/aromatic N) is 1. The van der Waals surface area contributed by atoms with Gasteiger partial charge in [0.05, 0.1) is 5.54 Å². The lowest BCUT2D eigenvalue weighted by Crippen LogP contribution is -2.46. The maximum atomic E-state index is 12.1. The van der Waals surface area contributed by atoms with Crippen LogP contribution in [0.1, 0.15) is 44.5 Å². The van der Waals surface area contributed by atoms with E-state index in [0.717, 1.165) is 17.8 Å². The van der Waals surface area contributed by atoms with Crippen LogP contribution in [0.15, 0.2) is 11.6 Å². The Morgan fingerprint density at radius 1 is 1.61 bits per heavy atom. The summed E-state index contributed by atoms with van der Waals surface area (Å²) in [5.74, 6) is 0.0837. The second-order valence-electron chi connectivity index (χ2n) is 5.74. The van der Waals surface area contributed by atoms with Crippen molar-refractivity contribution in [1.29, 1.82) is 0 Å². The van der Waals surface area contributed by atoms with Crippen molar-refractivity contribution < 1.29 is 4.79 Å². The zero-order valence-corrected chi connectivity index (χ0v) is 11.8. The van der Waals surface area contributed by atoms with Crippen LogP contribution in [0, 0.1) is 5.41 Å². The number of hydrogen-bond donors (Lipinski definition) is 2. The molecule has 5 heteroatoms. The van der Waals surface area contributed by atoms with Crippen LogP contribution in [0.3, 0.4) is 0 Å². The molecule has 0 spiro atoms. The van der Waals surface area contributed by atoms with Gasteiger partial charge in [-0.2, -0.15) is 0 Å². The number of aromatic nitrogens is 1. The summed E-state index contributed by atoms with van der Waals surface area (Å²) in [6.45, 7) is 4.58. The van der Waals surface area contributed by atoms with Crippen LogP contribution in [0.25, 0.3) is 0 Å². The summed E-state index contributed by atoms with van der Waals surface area (Å²) in [4.78, 5) is 16.4. The molecule has 1 aliphatic carbocycles. The van der Waals surface area contributed by atoms with Crippen molar-refractivity contribution in [2.24, 2.45) is 11.1 Å². The first-order valence-corrected chi connectivity index (χ1v) is 7.26. The molecule has 1 aliphatic rings. The van der Waals surface area contributed by atoms with Gasteiger partial charge in [-0.1, -0.05) is 6.42 Å². The third kappa shape index (κ3) is 2.72. The Hall–Kier alpha value is -0.940. The molecule has 1 aromatic rings. The first kappa shape index (κ1) is 13.5. The normalized spacial score (nSPS) is 18.2. The van der Waals surface area contributed by atoms with Gasteiger partial charge in [0.1, 0.15) is 5.01 Å². The van der Waals surface area contributed by atoms with Crippen molar-refractivity contribution in [1.82, 2.24) is 10.3 Å². The third-order valence-corrected chi connectivity index (χ3v) is 4.90. The highest BCUT2D eigenvalue weighted by Crippen LogP contribution is 2.43. The topological polar surface area (TPSA) is 68.0 Å². The molecule has 100 valence electrons. The van der Waals surface area contributed by atoms with E-state index in [9.17, 15) is 4.79 Å². The fourth-order valence-electron chi connectivity index (χ4n) is 2.45. The molecule has 1 aromatic heterocycles. The Morgan fingerprint density at radius 2 is 2.33 bits per heavy atom. The average molecular weight is 267 g/mol. The summed E-state index contributed by atoms with van der Waals surface area (Å²) < 4.78 is 0. The van der Waals surface area contributed by atoms with Crippen molar-refractivity contribution in [3.63, 3.8) is 0 Å². The van der Waals surface area contributed by atoms with Gasteiger partial charge in [0, 0.05) is 18.0 Å². The summed E-state index contributed by atoms with van der Waals surface area (Å²) >= 11 is 1.56. The fourth-order valence-corrected chi connectivity index (χ4v) is 3.17. The fraction of sp³-hybridized carbons (Fsp3) is 0.692. The van der Waals surface area contributed by atoms with E-state index in [1.807, 2.05) is 19.2 Å². The number of nitrogens with two attached hydrogens (primary N) is 1. The first-order chi connectivity index (χ1) is 8.47. The van der Waals surface area contributed by atoms with E-state index in [1.165, 1.54) is 6.42 Å². The monoisotopic (exact) mass is 267 g/mol. The Balaban J connectivity index is 1.95. The molecule has 1 saturated carbocycles. The second kappa shape index (κ2) is 4.97. The molecule has 1 amide bonds. The Labute approximate surface area is 112 Å². The Morgan fingerprint density at radius 3 is 2.78 bits per heavy atom. The largest absolute Gasteiger partial charge is 0.345 e. The van der Waals surface area contributed by atoms with E-state index in [2.05, 4.69) is 10.3 Å². The number of carbonyl (C=O) groups is 1. The molecule has 0 atom stereocenters. The number of rotatable bonds is 5. The molecule has 0 saturated heterocycles. The average Bonchev–Trinajstić information content (AvgIpc) is 2.76. The molecule has 18 heavy (non-hydrogen) atoms. The van der Waals surface area contributed by atoms with E-state index in [4.69, 9.17) is 5.73 Å². The molecule has 0 aromatic carbocycles. The predicted octanol–water partition coefficient (Wildman–Crippen LogP) is 2.01. The zero-order chi connectivity index (χ0) is 13.2. The summed E-state index contributed by atoms with van der Waals surface area (Å²) in [6, 6.07) is 0. The van der Waals surface area contributed by atoms with Crippen LogP contribution >= 0.6 is 11.3 Å². The van der Waals surface area contributed by atoms with Crippen LogP contribution < -0.4 is 11.1 Å². The predicted molar refractivity (Wildman–Crippen MR) is 73.2 cm³/mol. The summed E-state index contributed by atoms with van der Waals surface area (Å²) in [5.41, 5.74) is 5.45. The molecule has 0 bridgehead atoms. The highest BCUT2D eigenvalue weighted by molar-refractivity contribution is 7.09. The van der Waals surface area contributed by atoms with Crippen LogP contribution in [-0.2, 0) is 10.3 Å². The standard InChI is InChI=1S/C13H21N3OS/c1-12(2,11-15-6-7-18-11)16-10(17)8-13(9-14)4-3-5-13/h6-7H,3-5,8-9,14H2,1-2H3,(H,16,17).